The standard InChI is InChI=1S/C10H22O5S.C8H18O4S.2CH4/c1-2-3-4-5-6-7-8-14-9-10-15-16(11,12)13;1-2-3-4-5-6-7-8-12-13(9,10)11;;/h2-10H2,1H3,(H,11,12,13);2-8H2,1H3,(H,9,10,11);2*1H4/p-2. The third-order valence-electron chi connectivity index (χ3n) is 3.82. The summed E-state index contributed by atoms with van der Waals surface area (Å²) in [6, 6.07) is 0. The van der Waals surface area contributed by atoms with E-state index in [-0.39, 0.29) is 34.7 Å². The second kappa shape index (κ2) is 26.0. The second-order valence-corrected chi connectivity index (χ2v) is 8.71. The lowest BCUT2D eigenvalue weighted by atomic mass is 10.1. The molecule has 0 aromatic carbocycles. The first-order chi connectivity index (χ1) is 13.6. The minimum Gasteiger partial charge on any atom is -0.726 e. The highest BCUT2D eigenvalue weighted by Gasteiger charge is 1.96. The van der Waals surface area contributed by atoms with E-state index in [1.807, 2.05) is 0 Å². The molecule has 0 aromatic heterocycles. The highest BCUT2D eigenvalue weighted by atomic mass is 32.3. The molecule has 0 amide bonds. The third-order valence-corrected chi connectivity index (χ3v) is 4.73. The molecule has 0 fully saturated rings. The molecule has 11 heteroatoms. The molecular formula is C20H46O9S2-2. The van der Waals surface area contributed by atoms with Crippen LogP contribution in [0.1, 0.15) is 106 Å². The van der Waals surface area contributed by atoms with Crippen molar-refractivity contribution in [3.05, 3.63) is 0 Å². The van der Waals surface area contributed by atoms with Gasteiger partial charge in [0.05, 0.1) is 19.8 Å². The Labute approximate surface area is 192 Å². The molecule has 0 heterocycles. The van der Waals surface area contributed by atoms with Crippen LogP contribution in [0.4, 0.5) is 0 Å². The maximum absolute atomic E-state index is 10.0. The second-order valence-electron chi connectivity index (χ2n) is 6.61. The summed E-state index contributed by atoms with van der Waals surface area (Å²) in [5, 5.41) is 0. The van der Waals surface area contributed by atoms with Gasteiger partial charge in [0.2, 0.25) is 20.8 Å². The van der Waals surface area contributed by atoms with Gasteiger partial charge in [-0.3, -0.25) is 8.37 Å². The molecule has 0 unspecified atom stereocenters. The summed E-state index contributed by atoms with van der Waals surface area (Å²) in [5.41, 5.74) is 0. The average Bonchev–Trinajstić information content (AvgIpc) is 2.61. The van der Waals surface area contributed by atoms with Gasteiger partial charge in [-0.2, -0.15) is 0 Å². The first-order valence-electron chi connectivity index (χ1n) is 10.4. The summed E-state index contributed by atoms with van der Waals surface area (Å²) in [6.07, 6.45) is 13.3. The highest BCUT2D eigenvalue weighted by Crippen LogP contribution is 2.06. The Balaban J connectivity index is -0.000000225. The quantitative estimate of drug-likeness (QED) is 0.139. The first kappa shape index (κ1) is 38.0. The largest absolute Gasteiger partial charge is 0.726 e. The minimum absolute atomic E-state index is 0. The van der Waals surface area contributed by atoms with Gasteiger partial charge in [-0.25, -0.2) is 16.8 Å². The number of unbranched alkanes of at least 4 members (excludes halogenated alkanes) is 10. The summed E-state index contributed by atoms with van der Waals surface area (Å²) in [6.45, 7) is 4.88. The van der Waals surface area contributed by atoms with Crippen molar-refractivity contribution in [2.75, 3.05) is 26.4 Å². The molecule has 0 saturated heterocycles. The van der Waals surface area contributed by atoms with E-state index >= 15 is 0 Å². The Morgan fingerprint density at radius 1 is 0.516 bits per heavy atom. The Bertz CT molecular complexity index is 535. The highest BCUT2D eigenvalue weighted by molar-refractivity contribution is 7.81. The summed E-state index contributed by atoms with van der Waals surface area (Å²) >= 11 is 0. The zero-order chi connectivity index (χ0) is 22.4. The van der Waals surface area contributed by atoms with Gasteiger partial charge in [-0.05, 0) is 12.8 Å². The predicted molar refractivity (Wildman–Crippen MR) is 122 cm³/mol. The molecule has 0 aromatic rings. The lowest BCUT2D eigenvalue weighted by Gasteiger charge is -2.07. The van der Waals surface area contributed by atoms with Crippen LogP contribution in [-0.2, 0) is 33.9 Å². The van der Waals surface area contributed by atoms with Gasteiger partial charge in [0.15, 0.2) is 0 Å². The van der Waals surface area contributed by atoms with Gasteiger partial charge in [-0.15, -0.1) is 0 Å². The van der Waals surface area contributed by atoms with Crippen LogP contribution < -0.4 is 0 Å². The predicted octanol–water partition coefficient (Wildman–Crippen LogP) is 4.94. The van der Waals surface area contributed by atoms with Crippen molar-refractivity contribution in [1.29, 1.82) is 0 Å². The molecule has 0 saturated carbocycles. The first-order valence-corrected chi connectivity index (χ1v) is 13.1. The third kappa shape index (κ3) is 44.2. The van der Waals surface area contributed by atoms with Crippen molar-refractivity contribution in [2.24, 2.45) is 0 Å². The maximum Gasteiger partial charge on any atom is 0.217 e. The van der Waals surface area contributed by atoms with Gasteiger partial charge >= 0.3 is 0 Å². The Morgan fingerprint density at radius 3 is 1.29 bits per heavy atom. The SMILES string of the molecule is C.C.CCCCCCCCOCCOS(=O)(=O)[O-].CCCCCCCCOS(=O)(=O)[O-]. The van der Waals surface area contributed by atoms with Crippen molar-refractivity contribution in [1.82, 2.24) is 0 Å². The van der Waals surface area contributed by atoms with Gasteiger partial charge in [-0.1, -0.05) is 92.9 Å². The Morgan fingerprint density at radius 2 is 0.871 bits per heavy atom. The molecule has 0 aliphatic rings. The fraction of sp³-hybridized carbons (Fsp3) is 1.00. The van der Waals surface area contributed by atoms with Crippen molar-refractivity contribution in [2.45, 2.75) is 106 Å². The Kier molecular flexibility index (Phi) is 31.8. The maximum atomic E-state index is 10.0. The van der Waals surface area contributed by atoms with E-state index in [0.29, 0.717) is 13.0 Å². The van der Waals surface area contributed by atoms with Crippen molar-refractivity contribution < 1.29 is 39.0 Å². The van der Waals surface area contributed by atoms with Crippen LogP contribution in [0.3, 0.4) is 0 Å². The fourth-order valence-electron chi connectivity index (χ4n) is 2.32. The average molecular weight is 495 g/mol. The molecule has 0 atom stereocenters. The van der Waals surface area contributed by atoms with Crippen LogP contribution in [0.25, 0.3) is 0 Å². The number of hydrogen-bond acceptors (Lipinski definition) is 9. The summed E-state index contributed by atoms with van der Waals surface area (Å²) < 4.78 is 73.2. The van der Waals surface area contributed by atoms with E-state index in [9.17, 15) is 25.9 Å². The monoisotopic (exact) mass is 494 g/mol. The number of hydrogen-bond donors (Lipinski definition) is 0. The van der Waals surface area contributed by atoms with Crippen LogP contribution in [0.2, 0.25) is 0 Å². The zero-order valence-corrected chi connectivity index (χ0v) is 19.4. The van der Waals surface area contributed by atoms with E-state index in [4.69, 9.17) is 4.74 Å². The molecule has 0 bridgehead atoms. The summed E-state index contributed by atoms with van der Waals surface area (Å²) in [7, 11) is -9.03. The van der Waals surface area contributed by atoms with Crippen molar-refractivity contribution >= 4 is 20.8 Å². The molecule has 0 aliphatic carbocycles. The van der Waals surface area contributed by atoms with Crippen molar-refractivity contribution in [3.8, 4) is 0 Å². The number of rotatable bonds is 19. The van der Waals surface area contributed by atoms with Crippen LogP contribution in [0.5, 0.6) is 0 Å². The summed E-state index contributed by atoms with van der Waals surface area (Å²) in [5.74, 6) is 0. The molecule has 9 nitrogen and oxygen atoms in total. The lowest BCUT2D eigenvalue weighted by Crippen LogP contribution is -2.10. The molecule has 0 aliphatic heterocycles. The van der Waals surface area contributed by atoms with E-state index < -0.39 is 20.8 Å². The van der Waals surface area contributed by atoms with E-state index in [1.54, 1.807) is 0 Å². The molecule has 194 valence electrons. The zero-order valence-electron chi connectivity index (χ0n) is 17.8. The van der Waals surface area contributed by atoms with E-state index in [0.717, 1.165) is 25.7 Å². The van der Waals surface area contributed by atoms with Gasteiger partial charge < -0.3 is 13.8 Å². The molecule has 31 heavy (non-hydrogen) atoms. The smallest absolute Gasteiger partial charge is 0.217 e. The number of ether oxygens (including phenoxy) is 1. The molecule has 0 rings (SSSR count). The summed E-state index contributed by atoms with van der Waals surface area (Å²) in [4.78, 5) is 0. The normalized spacial score (nSPS) is 11.1. The van der Waals surface area contributed by atoms with Crippen LogP contribution >= 0.6 is 0 Å². The van der Waals surface area contributed by atoms with Gasteiger partial charge in [0.25, 0.3) is 0 Å². The molecule has 0 radical (unpaired) electrons. The molecule has 0 N–H and O–H groups in total. The van der Waals surface area contributed by atoms with Gasteiger partial charge in [0.1, 0.15) is 0 Å². The van der Waals surface area contributed by atoms with Crippen molar-refractivity contribution in [3.63, 3.8) is 0 Å². The van der Waals surface area contributed by atoms with Crippen LogP contribution in [0, 0.1) is 0 Å². The van der Waals surface area contributed by atoms with Crippen LogP contribution in [-0.4, -0.2) is 52.4 Å². The lowest BCUT2D eigenvalue weighted by molar-refractivity contribution is 0.0939. The van der Waals surface area contributed by atoms with E-state index in [2.05, 4.69) is 22.2 Å². The minimum atomic E-state index is -4.56. The molecular weight excluding hydrogens is 448 g/mol. The van der Waals surface area contributed by atoms with Gasteiger partial charge in [0, 0.05) is 6.61 Å². The molecule has 0 spiro atoms. The Hall–Kier alpha value is -0.300. The van der Waals surface area contributed by atoms with E-state index in [1.165, 1.54) is 44.9 Å². The van der Waals surface area contributed by atoms with Crippen LogP contribution in [0.15, 0.2) is 0 Å². The topological polar surface area (TPSA) is 142 Å². The fourth-order valence-corrected chi connectivity index (χ4v) is 2.92.